The number of benzene rings is 6. The van der Waals surface area contributed by atoms with Crippen LogP contribution < -0.4 is 5.19 Å². The summed E-state index contributed by atoms with van der Waals surface area (Å²) in [7, 11) is -1.38. The third kappa shape index (κ3) is 9.14. The smallest absolute Gasteiger partial charge is 0.120 e. The molecular weight excluding hydrogens is 939 g/mol. The predicted octanol–water partition coefficient (Wildman–Crippen LogP) is 14.3. The van der Waals surface area contributed by atoms with E-state index in [9.17, 15) is 0 Å². The molecule has 0 N–H and O–H groups in total. The summed E-state index contributed by atoms with van der Waals surface area (Å²) in [5.74, 6) is 0.824. The molecule has 0 unspecified atom stereocenters. The maximum atomic E-state index is 6.45. The van der Waals surface area contributed by atoms with Crippen LogP contribution in [0.25, 0.3) is 72.4 Å². The Morgan fingerprint density at radius 2 is 1.46 bits per heavy atom. The normalized spacial score (nSPS) is 12.0. The third-order valence-electron chi connectivity index (χ3n) is 11.0. The summed E-state index contributed by atoms with van der Waals surface area (Å²) in [5.41, 5.74) is 14.3. The fourth-order valence-corrected chi connectivity index (χ4v) is 9.79. The second-order valence-corrected chi connectivity index (χ2v) is 24.3. The molecule has 0 aliphatic rings. The number of hydrogen-bond donors (Lipinski definition) is 0. The minimum absolute atomic E-state index is 0. The van der Waals surface area contributed by atoms with E-state index in [1.807, 2.05) is 30.3 Å². The molecule has 61 heavy (non-hydrogen) atoms. The zero-order valence-electron chi connectivity index (χ0n) is 37.1. The quantitative estimate of drug-likeness (QED) is 0.123. The number of fused-ring (bicyclic) bond motifs is 4. The zero-order chi connectivity index (χ0) is 42.4. The Balaban J connectivity index is 0.000000210. The standard InChI is InChI=1S/C35H27N2O.C20H28NSi.Ir/c1-35(2,3)28-19-12-16-24(23-13-5-4-6-14-23)32(28)37-30-21-9-8-20-29(30)36-34(37)27-18-11-17-26-25-15-7-10-22-31(25)38-33(26)27;1-15-8-10-16(11-9-15)18-12-17(13-20(2,3)4)19(14-21-18)22(5,6)7;/h4-17,19-22H,1-3H3;8-10,12,14H,13H2,1-7H3;/q2*-1;. The summed E-state index contributed by atoms with van der Waals surface area (Å²) in [6.07, 6.45) is 3.21. The summed E-state index contributed by atoms with van der Waals surface area (Å²) >= 11 is 0. The molecule has 0 saturated heterocycles. The van der Waals surface area contributed by atoms with Crippen LogP contribution >= 0.6 is 0 Å². The molecule has 0 bridgehead atoms. The van der Waals surface area contributed by atoms with E-state index < -0.39 is 8.07 Å². The number of hydrogen-bond acceptors (Lipinski definition) is 3. The molecule has 4 nitrogen and oxygen atoms in total. The van der Waals surface area contributed by atoms with Crippen molar-refractivity contribution in [1.82, 2.24) is 14.5 Å². The molecule has 0 fully saturated rings. The second kappa shape index (κ2) is 17.2. The third-order valence-corrected chi connectivity index (χ3v) is 13.1. The van der Waals surface area contributed by atoms with E-state index >= 15 is 0 Å². The monoisotopic (exact) mass is 994 g/mol. The molecule has 0 amide bonds. The Hall–Kier alpha value is -5.39. The van der Waals surface area contributed by atoms with Gasteiger partial charge in [-0.1, -0.05) is 170 Å². The van der Waals surface area contributed by atoms with Gasteiger partial charge in [0, 0.05) is 37.3 Å². The van der Waals surface area contributed by atoms with Crippen molar-refractivity contribution in [3.8, 4) is 39.5 Å². The zero-order valence-corrected chi connectivity index (χ0v) is 40.5. The molecule has 0 atom stereocenters. The molecule has 0 aliphatic carbocycles. The minimum Gasteiger partial charge on any atom is -0.501 e. The molecule has 0 aliphatic heterocycles. The van der Waals surface area contributed by atoms with Crippen molar-refractivity contribution in [2.24, 2.45) is 5.41 Å². The Bertz CT molecular complexity index is 2960. The van der Waals surface area contributed by atoms with Crippen LogP contribution in [0.2, 0.25) is 19.6 Å². The minimum atomic E-state index is -1.38. The number of furan rings is 1. The van der Waals surface area contributed by atoms with Crippen LogP contribution in [0, 0.1) is 24.5 Å². The largest absolute Gasteiger partial charge is 0.501 e. The number of aryl methyl sites for hydroxylation is 1. The van der Waals surface area contributed by atoms with Crippen LogP contribution in [0.3, 0.4) is 0 Å². The molecule has 3 aromatic heterocycles. The first-order valence-corrected chi connectivity index (χ1v) is 24.5. The average molecular weight is 994 g/mol. The van der Waals surface area contributed by atoms with Gasteiger partial charge in [0.25, 0.3) is 0 Å². The van der Waals surface area contributed by atoms with Crippen LogP contribution in [-0.4, -0.2) is 22.6 Å². The first-order valence-electron chi connectivity index (χ1n) is 21.0. The maximum absolute atomic E-state index is 6.45. The number of pyridine rings is 1. The van der Waals surface area contributed by atoms with Gasteiger partial charge in [-0.25, -0.2) is 0 Å². The molecule has 1 radical (unpaired) electrons. The van der Waals surface area contributed by atoms with Crippen molar-refractivity contribution >= 4 is 46.2 Å². The van der Waals surface area contributed by atoms with E-state index in [1.165, 1.54) is 33.0 Å². The van der Waals surface area contributed by atoms with E-state index in [0.717, 1.165) is 67.7 Å². The molecule has 0 saturated carbocycles. The summed E-state index contributed by atoms with van der Waals surface area (Å²) in [4.78, 5) is 9.95. The van der Waals surface area contributed by atoms with Crippen molar-refractivity contribution in [1.29, 1.82) is 0 Å². The SMILES string of the molecule is CC(C)(C)c1cccc(-c2ccccc2)c1-n1c(-c2[c-]ccc3c2oc2ccccc23)nc2ccccc21.Cc1c[c-]c(-c2cc(CC(C)(C)C)c([Si](C)(C)C)cn2)cc1.[Ir]. The molecule has 3 heterocycles. The number of rotatable bonds is 6. The van der Waals surface area contributed by atoms with Crippen LogP contribution in [-0.2, 0) is 31.9 Å². The van der Waals surface area contributed by atoms with Gasteiger partial charge in [0.2, 0.25) is 0 Å². The van der Waals surface area contributed by atoms with E-state index in [2.05, 4.69) is 194 Å². The number of imidazole rings is 1. The predicted molar refractivity (Wildman–Crippen MR) is 256 cm³/mol. The first-order chi connectivity index (χ1) is 28.6. The molecule has 311 valence electrons. The van der Waals surface area contributed by atoms with E-state index in [0.29, 0.717) is 0 Å². The number of aromatic nitrogens is 3. The molecule has 0 spiro atoms. The van der Waals surface area contributed by atoms with Gasteiger partial charge in [-0.15, -0.1) is 53.6 Å². The van der Waals surface area contributed by atoms with E-state index in [4.69, 9.17) is 14.4 Å². The van der Waals surface area contributed by atoms with Crippen LogP contribution in [0.5, 0.6) is 0 Å². The molecule has 6 heteroatoms. The summed E-state index contributed by atoms with van der Waals surface area (Å²) < 4.78 is 8.77. The van der Waals surface area contributed by atoms with Gasteiger partial charge in [0.15, 0.2) is 0 Å². The van der Waals surface area contributed by atoms with Crippen LogP contribution in [0.15, 0.2) is 144 Å². The Labute approximate surface area is 376 Å². The topological polar surface area (TPSA) is 43.9 Å². The maximum Gasteiger partial charge on any atom is 0.120 e. The summed E-state index contributed by atoms with van der Waals surface area (Å²) in [6.45, 7) is 23.0. The molecular formula is C55H55IrN3OSi-2. The van der Waals surface area contributed by atoms with Gasteiger partial charge in [-0.2, -0.15) is 0 Å². The van der Waals surface area contributed by atoms with Gasteiger partial charge in [0.05, 0.1) is 36.2 Å². The fraction of sp³-hybridized carbons (Fsp3) is 0.236. The van der Waals surface area contributed by atoms with Crippen molar-refractivity contribution in [3.05, 3.63) is 168 Å². The Morgan fingerprint density at radius 3 is 2.16 bits per heavy atom. The Kier molecular flexibility index (Phi) is 12.3. The molecule has 6 aromatic carbocycles. The fourth-order valence-electron chi connectivity index (χ4n) is 8.22. The van der Waals surface area contributed by atoms with Crippen molar-refractivity contribution in [2.45, 2.75) is 79.9 Å². The van der Waals surface area contributed by atoms with Gasteiger partial charge >= 0.3 is 0 Å². The van der Waals surface area contributed by atoms with E-state index in [1.54, 1.807) is 0 Å². The Morgan fingerprint density at radius 1 is 0.738 bits per heavy atom. The van der Waals surface area contributed by atoms with Gasteiger partial charge < -0.3 is 14.0 Å². The first kappa shape index (κ1) is 43.7. The van der Waals surface area contributed by atoms with E-state index in [-0.39, 0.29) is 30.9 Å². The van der Waals surface area contributed by atoms with Crippen LogP contribution in [0.1, 0.15) is 58.2 Å². The summed E-state index contributed by atoms with van der Waals surface area (Å²) in [6, 6.07) is 53.3. The van der Waals surface area contributed by atoms with Gasteiger partial charge in [0.1, 0.15) is 5.58 Å². The molecule has 9 rings (SSSR count). The van der Waals surface area contributed by atoms with Crippen molar-refractivity contribution in [3.63, 3.8) is 0 Å². The van der Waals surface area contributed by atoms with Crippen molar-refractivity contribution in [2.75, 3.05) is 0 Å². The number of nitrogens with zero attached hydrogens (tertiary/aromatic N) is 3. The van der Waals surface area contributed by atoms with Crippen LogP contribution in [0.4, 0.5) is 0 Å². The van der Waals surface area contributed by atoms with Crippen molar-refractivity contribution < 1.29 is 24.5 Å². The van der Waals surface area contributed by atoms with Gasteiger partial charge in [-0.3, -0.25) is 4.98 Å². The van der Waals surface area contributed by atoms with Gasteiger partial charge in [-0.05, 0) is 57.5 Å². The average Bonchev–Trinajstić information content (AvgIpc) is 3.79. The molecule has 9 aromatic rings. The number of para-hydroxylation sites is 4. The second-order valence-electron chi connectivity index (χ2n) is 19.3. The summed E-state index contributed by atoms with van der Waals surface area (Å²) in [5, 5.41) is 3.65.